The van der Waals surface area contributed by atoms with E-state index in [0.29, 0.717) is 42.8 Å². The highest BCUT2D eigenvalue weighted by molar-refractivity contribution is 5.85. The minimum Gasteiger partial charge on any atom is -0.405 e. The first-order valence-electron chi connectivity index (χ1n) is 13.3. The second kappa shape index (κ2) is 11.1. The zero-order valence-corrected chi connectivity index (χ0v) is 21.9. The molecule has 3 aromatic rings. The smallest absolute Gasteiger partial charge is 0.405 e. The van der Waals surface area contributed by atoms with Gasteiger partial charge >= 0.3 is 12.5 Å². The maximum Gasteiger partial charge on any atom is 0.573 e. The average Bonchev–Trinajstić information content (AvgIpc) is 3.46. The van der Waals surface area contributed by atoms with E-state index in [2.05, 4.69) is 19.9 Å². The Morgan fingerprint density at radius 1 is 1.07 bits per heavy atom. The third kappa shape index (κ3) is 6.33. The number of anilines is 1. The summed E-state index contributed by atoms with van der Waals surface area (Å²) >= 11 is 0. The number of ether oxygens (including phenoxy) is 1. The van der Waals surface area contributed by atoms with Crippen molar-refractivity contribution in [1.82, 2.24) is 14.8 Å². The van der Waals surface area contributed by atoms with E-state index >= 15 is 0 Å². The Morgan fingerprint density at radius 2 is 1.85 bits per heavy atom. The lowest BCUT2D eigenvalue weighted by Gasteiger charge is -2.41. The molecule has 0 aliphatic carbocycles. The van der Waals surface area contributed by atoms with Crippen molar-refractivity contribution in [3.05, 3.63) is 59.3 Å². The van der Waals surface area contributed by atoms with Crippen molar-refractivity contribution < 1.29 is 35.5 Å². The molecule has 2 aromatic carbocycles. The predicted molar refractivity (Wildman–Crippen MR) is 138 cm³/mol. The molecule has 5 nitrogen and oxygen atoms in total. The van der Waals surface area contributed by atoms with E-state index < -0.39 is 43.6 Å². The Kier molecular flexibility index (Phi) is 7.93. The number of alkyl halides is 7. The number of para-hydroxylation sites is 1. The number of aromatic amines is 1. The molecule has 2 N–H and O–H groups in total. The Labute approximate surface area is 227 Å². The largest absolute Gasteiger partial charge is 0.573 e. The van der Waals surface area contributed by atoms with Crippen LogP contribution in [0.4, 0.5) is 36.4 Å². The van der Waals surface area contributed by atoms with E-state index in [0.717, 1.165) is 23.9 Å². The molecule has 5 rings (SSSR count). The van der Waals surface area contributed by atoms with Crippen molar-refractivity contribution in [1.29, 1.82) is 0 Å². The fourth-order valence-corrected chi connectivity index (χ4v) is 6.03. The highest BCUT2D eigenvalue weighted by Gasteiger charge is 2.44. The molecule has 0 bridgehead atoms. The zero-order chi connectivity index (χ0) is 28.7. The summed E-state index contributed by atoms with van der Waals surface area (Å²) in [5.41, 5.74) is 2.26. The Hall–Kier alpha value is -2.99. The highest BCUT2D eigenvalue weighted by Crippen LogP contribution is 2.46. The number of nitrogens with one attached hydrogen (secondary N) is 2. The van der Waals surface area contributed by atoms with Gasteiger partial charge in [0, 0.05) is 65.6 Å². The topological polar surface area (TPSA) is 43.5 Å². The lowest BCUT2D eigenvalue weighted by atomic mass is 9.88. The molecule has 3 unspecified atom stereocenters. The van der Waals surface area contributed by atoms with Crippen LogP contribution >= 0.6 is 0 Å². The molecule has 0 radical (unpaired) electrons. The van der Waals surface area contributed by atoms with Crippen molar-refractivity contribution in [3.8, 4) is 5.75 Å². The minimum atomic E-state index is -5.05. The number of rotatable bonds is 8. The van der Waals surface area contributed by atoms with Crippen LogP contribution in [0.15, 0.2) is 42.5 Å². The van der Waals surface area contributed by atoms with Crippen molar-refractivity contribution in [3.63, 3.8) is 0 Å². The Bertz CT molecular complexity index is 1320. The number of aromatic nitrogens is 1. The summed E-state index contributed by atoms with van der Waals surface area (Å²) < 4.78 is 99.1. The lowest BCUT2D eigenvalue weighted by Crippen LogP contribution is -2.47. The summed E-state index contributed by atoms with van der Waals surface area (Å²) in [4.78, 5) is 6.45. The lowest BCUT2D eigenvalue weighted by molar-refractivity contribution is -0.275. The van der Waals surface area contributed by atoms with Crippen LogP contribution in [0.1, 0.15) is 42.6 Å². The van der Waals surface area contributed by atoms with Gasteiger partial charge in [0.2, 0.25) is 0 Å². The van der Waals surface area contributed by atoms with Crippen LogP contribution in [0.5, 0.6) is 5.75 Å². The van der Waals surface area contributed by atoms with Crippen molar-refractivity contribution in [2.75, 3.05) is 38.2 Å². The summed E-state index contributed by atoms with van der Waals surface area (Å²) in [5.74, 6) is -0.555. The summed E-state index contributed by atoms with van der Waals surface area (Å²) in [7, 11) is 0. The van der Waals surface area contributed by atoms with E-state index in [9.17, 15) is 30.7 Å². The van der Waals surface area contributed by atoms with Crippen molar-refractivity contribution in [2.45, 2.75) is 56.9 Å². The van der Waals surface area contributed by atoms with E-state index in [1.54, 1.807) is 25.1 Å². The zero-order valence-electron chi connectivity index (χ0n) is 21.9. The molecule has 1 fully saturated rings. The summed E-state index contributed by atoms with van der Waals surface area (Å²) in [6, 6.07) is 9.63. The van der Waals surface area contributed by atoms with Crippen LogP contribution in [-0.4, -0.2) is 72.3 Å². The standard InChI is InChI=1S/C28H31F7N4O/c1-17-13-22-20-5-2-3-6-23(20)37-25(22)26(39(17)16-27(30,31)32)21-8-7-18(14-24(21)40-28(33,34)35)36-19-9-12-38(15-19)11-4-10-29/h2-3,5-8,14,17,19,26,36-37H,4,9-13,15-16H2,1H3. The third-order valence-corrected chi connectivity index (χ3v) is 7.66. The SMILES string of the molecule is CC1Cc2c([nH]c3ccccc23)C(c2ccc(NC3CCN(CCCF)C3)cc2OC(F)(F)F)N1CC(F)(F)F. The normalized spacial score (nSPS) is 22.6. The molecule has 2 aliphatic rings. The molecule has 3 heterocycles. The number of nitrogens with zero attached hydrogens (tertiary/aromatic N) is 2. The van der Waals surface area contributed by atoms with Gasteiger partial charge in [0.15, 0.2) is 0 Å². The van der Waals surface area contributed by atoms with Crippen LogP contribution in [0.2, 0.25) is 0 Å². The fourth-order valence-electron chi connectivity index (χ4n) is 6.03. The molecule has 1 aromatic heterocycles. The van der Waals surface area contributed by atoms with Crippen LogP contribution in [0, 0.1) is 0 Å². The molecule has 218 valence electrons. The van der Waals surface area contributed by atoms with Crippen LogP contribution in [0.25, 0.3) is 10.9 Å². The maximum atomic E-state index is 13.8. The molecule has 1 saturated heterocycles. The molecule has 0 spiro atoms. The minimum absolute atomic E-state index is 0.0116. The monoisotopic (exact) mass is 572 g/mol. The number of benzene rings is 2. The number of H-pyrrole nitrogens is 1. The third-order valence-electron chi connectivity index (χ3n) is 7.66. The molecular weight excluding hydrogens is 541 g/mol. The summed E-state index contributed by atoms with van der Waals surface area (Å²) in [5, 5.41) is 4.05. The molecule has 0 amide bonds. The number of hydrogen-bond donors (Lipinski definition) is 2. The molecular formula is C28H31F7N4O. The van der Waals surface area contributed by atoms with E-state index in [1.807, 2.05) is 12.1 Å². The van der Waals surface area contributed by atoms with E-state index in [4.69, 9.17) is 0 Å². The average molecular weight is 573 g/mol. The van der Waals surface area contributed by atoms with Gasteiger partial charge in [-0.15, -0.1) is 13.2 Å². The van der Waals surface area contributed by atoms with Crippen LogP contribution in [-0.2, 0) is 6.42 Å². The fraction of sp³-hybridized carbons (Fsp3) is 0.500. The van der Waals surface area contributed by atoms with Gasteiger partial charge < -0.3 is 19.9 Å². The second-order valence-corrected chi connectivity index (χ2v) is 10.6. The van der Waals surface area contributed by atoms with Gasteiger partial charge in [-0.25, -0.2) is 0 Å². The van der Waals surface area contributed by atoms with Gasteiger partial charge in [0.25, 0.3) is 0 Å². The van der Waals surface area contributed by atoms with E-state index in [1.165, 1.54) is 17.0 Å². The number of halogens is 7. The van der Waals surface area contributed by atoms with Gasteiger partial charge in [-0.1, -0.05) is 24.3 Å². The second-order valence-electron chi connectivity index (χ2n) is 10.6. The number of fused-ring (bicyclic) bond motifs is 3. The maximum absolute atomic E-state index is 13.8. The summed E-state index contributed by atoms with van der Waals surface area (Å²) in [6.45, 7) is 1.87. The van der Waals surface area contributed by atoms with Gasteiger partial charge in [-0.3, -0.25) is 9.29 Å². The van der Waals surface area contributed by atoms with Gasteiger partial charge in [-0.05, 0) is 43.9 Å². The first kappa shape index (κ1) is 28.5. The van der Waals surface area contributed by atoms with Crippen molar-refractivity contribution in [2.24, 2.45) is 0 Å². The first-order valence-corrected chi connectivity index (χ1v) is 13.3. The van der Waals surface area contributed by atoms with Gasteiger partial charge in [0.05, 0.1) is 19.3 Å². The Balaban J connectivity index is 1.55. The number of hydrogen-bond acceptors (Lipinski definition) is 4. The van der Waals surface area contributed by atoms with Crippen LogP contribution in [0.3, 0.4) is 0 Å². The number of likely N-dealkylation sites (tertiary alicyclic amines) is 1. The summed E-state index contributed by atoms with van der Waals surface area (Å²) in [6.07, 6.45) is -8.18. The van der Waals surface area contributed by atoms with Gasteiger partial charge in [0.1, 0.15) is 5.75 Å². The predicted octanol–water partition coefficient (Wildman–Crippen LogP) is 6.81. The molecule has 2 aliphatic heterocycles. The molecule has 12 heteroatoms. The van der Waals surface area contributed by atoms with Gasteiger partial charge in [-0.2, -0.15) is 13.2 Å². The Morgan fingerprint density at radius 3 is 2.58 bits per heavy atom. The van der Waals surface area contributed by atoms with Crippen LogP contribution < -0.4 is 10.1 Å². The van der Waals surface area contributed by atoms with E-state index in [-0.39, 0.29) is 11.6 Å². The quantitative estimate of drug-likeness (QED) is 0.291. The first-order chi connectivity index (χ1) is 18.9. The van der Waals surface area contributed by atoms with Crippen molar-refractivity contribution >= 4 is 16.6 Å². The molecule has 0 saturated carbocycles. The molecule has 3 atom stereocenters. The molecule has 40 heavy (non-hydrogen) atoms. The highest BCUT2D eigenvalue weighted by atomic mass is 19.4.